The fraction of sp³-hybridized carbons (Fsp3) is 0.600. The molecule has 0 bridgehead atoms. The van der Waals surface area contributed by atoms with Crippen LogP contribution in [0.15, 0.2) is 30.3 Å². The smallest absolute Gasteiger partial charge is 0.242 e. The number of amides is 2. The number of nitrogens with one attached hydrogen (secondary N) is 2. The molecule has 2 amide bonds. The first kappa shape index (κ1) is 21.2. The molecule has 0 heterocycles. The summed E-state index contributed by atoms with van der Waals surface area (Å²) in [5, 5.41) is 5.77. The number of likely N-dealkylation sites (N-methyl/N-ethyl adjacent to an activating group) is 1. The number of benzene rings is 1. The highest BCUT2D eigenvalue weighted by molar-refractivity contribution is 5.89. The van der Waals surface area contributed by atoms with E-state index in [0.29, 0.717) is 6.54 Å². The molecule has 0 aliphatic heterocycles. The molecule has 5 nitrogen and oxygen atoms in total. The number of nitrogens with zero attached hydrogens (tertiary/aromatic N) is 1. The maximum absolute atomic E-state index is 12.4. The molecule has 0 radical (unpaired) electrons. The van der Waals surface area contributed by atoms with Crippen LogP contribution in [0, 0.1) is 5.41 Å². The van der Waals surface area contributed by atoms with E-state index in [2.05, 4.69) is 41.5 Å². The van der Waals surface area contributed by atoms with Gasteiger partial charge in [-0.25, -0.2) is 0 Å². The highest BCUT2D eigenvalue weighted by atomic mass is 16.2. The molecule has 25 heavy (non-hydrogen) atoms. The van der Waals surface area contributed by atoms with Crippen LogP contribution in [0.5, 0.6) is 0 Å². The largest absolute Gasteiger partial charge is 0.352 e. The molecule has 1 aromatic carbocycles. The van der Waals surface area contributed by atoms with Gasteiger partial charge in [0, 0.05) is 12.0 Å². The second-order valence-corrected chi connectivity index (χ2v) is 7.34. The molecule has 0 aliphatic rings. The number of hydrogen-bond donors (Lipinski definition) is 2. The normalized spacial score (nSPS) is 14.0. The zero-order valence-corrected chi connectivity index (χ0v) is 16.4. The second kappa shape index (κ2) is 9.56. The van der Waals surface area contributed by atoms with Crippen LogP contribution in [-0.4, -0.2) is 42.4 Å². The van der Waals surface area contributed by atoms with Crippen LogP contribution < -0.4 is 10.6 Å². The van der Waals surface area contributed by atoms with Gasteiger partial charge >= 0.3 is 0 Å². The Labute approximate surface area is 152 Å². The SMILES string of the molecule is CCN(CC)C(CNC(=O)C(C)NC(=O)C(C)(C)C)c1ccccc1. The van der Waals surface area contributed by atoms with Gasteiger partial charge in [-0.2, -0.15) is 0 Å². The molecule has 1 aromatic rings. The van der Waals surface area contributed by atoms with E-state index in [-0.39, 0.29) is 17.9 Å². The topological polar surface area (TPSA) is 61.4 Å². The van der Waals surface area contributed by atoms with Gasteiger partial charge in [0.2, 0.25) is 11.8 Å². The monoisotopic (exact) mass is 347 g/mol. The lowest BCUT2D eigenvalue weighted by atomic mass is 9.95. The third-order valence-corrected chi connectivity index (χ3v) is 4.33. The maximum Gasteiger partial charge on any atom is 0.242 e. The first-order valence-electron chi connectivity index (χ1n) is 9.08. The molecule has 0 spiro atoms. The average Bonchev–Trinajstić information content (AvgIpc) is 2.58. The van der Waals surface area contributed by atoms with E-state index in [1.54, 1.807) is 6.92 Å². The van der Waals surface area contributed by atoms with Gasteiger partial charge in [0.15, 0.2) is 0 Å². The van der Waals surface area contributed by atoms with Crippen LogP contribution in [0.1, 0.15) is 53.1 Å². The molecule has 0 fully saturated rings. The van der Waals surface area contributed by atoms with Crippen LogP contribution in [0.4, 0.5) is 0 Å². The lowest BCUT2D eigenvalue weighted by molar-refractivity contribution is -0.133. The van der Waals surface area contributed by atoms with Crippen molar-refractivity contribution in [2.75, 3.05) is 19.6 Å². The molecule has 0 saturated heterocycles. The molecule has 2 atom stereocenters. The molecule has 1 rings (SSSR count). The van der Waals surface area contributed by atoms with Crippen molar-refractivity contribution in [1.29, 1.82) is 0 Å². The van der Waals surface area contributed by atoms with Crippen molar-refractivity contribution in [3.63, 3.8) is 0 Å². The number of carbonyl (C=O) groups excluding carboxylic acids is 2. The van der Waals surface area contributed by atoms with Crippen molar-refractivity contribution in [1.82, 2.24) is 15.5 Å². The van der Waals surface area contributed by atoms with Gasteiger partial charge in [-0.1, -0.05) is 65.0 Å². The average molecular weight is 348 g/mol. The van der Waals surface area contributed by atoms with E-state index in [0.717, 1.165) is 13.1 Å². The Bertz CT molecular complexity index is 548. The second-order valence-electron chi connectivity index (χ2n) is 7.34. The summed E-state index contributed by atoms with van der Waals surface area (Å²) in [7, 11) is 0. The van der Waals surface area contributed by atoms with Crippen LogP contribution in [0.3, 0.4) is 0 Å². The van der Waals surface area contributed by atoms with Gasteiger partial charge in [-0.15, -0.1) is 0 Å². The standard InChI is InChI=1S/C20H33N3O2/c1-7-23(8-2)17(16-12-10-9-11-13-16)14-21-18(24)15(3)22-19(25)20(4,5)6/h9-13,15,17H,7-8,14H2,1-6H3,(H,21,24)(H,22,25). The molecule has 0 aromatic heterocycles. The zero-order chi connectivity index (χ0) is 19.0. The third kappa shape index (κ3) is 6.50. The Morgan fingerprint density at radius 1 is 1.08 bits per heavy atom. The quantitative estimate of drug-likeness (QED) is 0.760. The Balaban J connectivity index is 2.73. The van der Waals surface area contributed by atoms with Gasteiger partial charge in [0.05, 0.1) is 6.04 Å². The first-order chi connectivity index (χ1) is 11.7. The summed E-state index contributed by atoms with van der Waals surface area (Å²) in [6.45, 7) is 13.8. The Morgan fingerprint density at radius 2 is 1.64 bits per heavy atom. The van der Waals surface area contributed by atoms with Crippen LogP contribution in [-0.2, 0) is 9.59 Å². The van der Waals surface area contributed by atoms with Crippen LogP contribution in [0.25, 0.3) is 0 Å². The predicted molar refractivity (Wildman–Crippen MR) is 102 cm³/mol. The summed E-state index contributed by atoms with van der Waals surface area (Å²) in [5.41, 5.74) is 0.667. The fourth-order valence-electron chi connectivity index (χ4n) is 2.63. The minimum absolute atomic E-state index is 0.116. The highest BCUT2D eigenvalue weighted by Gasteiger charge is 2.26. The van der Waals surface area contributed by atoms with E-state index in [1.165, 1.54) is 5.56 Å². The Morgan fingerprint density at radius 3 is 2.12 bits per heavy atom. The predicted octanol–water partition coefficient (Wildman–Crippen LogP) is 2.74. The van der Waals surface area contributed by atoms with Crippen molar-refractivity contribution in [2.45, 2.75) is 53.6 Å². The highest BCUT2D eigenvalue weighted by Crippen LogP contribution is 2.19. The summed E-state index contributed by atoms with van der Waals surface area (Å²) in [6, 6.07) is 9.75. The summed E-state index contributed by atoms with van der Waals surface area (Å²) in [5.74, 6) is -0.288. The van der Waals surface area contributed by atoms with Crippen molar-refractivity contribution in [2.24, 2.45) is 5.41 Å². The lowest BCUT2D eigenvalue weighted by Crippen LogP contribution is -2.49. The van der Waals surface area contributed by atoms with E-state index < -0.39 is 11.5 Å². The van der Waals surface area contributed by atoms with E-state index >= 15 is 0 Å². The molecule has 0 saturated carbocycles. The fourth-order valence-corrected chi connectivity index (χ4v) is 2.63. The molecule has 2 N–H and O–H groups in total. The third-order valence-electron chi connectivity index (χ3n) is 4.33. The van der Waals surface area contributed by atoms with Gasteiger partial charge in [0.25, 0.3) is 0 Å². The Hall–Kier alpha value is -1.88. The van der Waals surface area contributed by atoms with Crippen molar-refractivity contribution >= 4 is 11.8 Å². The van der Waals surface area contributed by atoms with E-state index in [9.17, 15) is 9.59 Å². The van der Waals surface area contributed by atoms with Gasteiger partial charge in [-0.05, 0) is 25.6 Å². The molecule has 5 heteroatoms. The maximum atomic E-state index is 12.4. The molecular formula is C20H33N3O2. The molecular weight excluding hydrogens is 314 g/mol. The van der Waals surface area contributed by atoms with Crippen LogP contribution in [0.2, 0.25) is 0 Å². The van der Waals surface area contributed by atoms with Gasteiger partial charge in [-0.3, -0.25) is 14.5 Å². The lowest BCUT2D eigenvalue weighted by Gasteiger charge is -2.31. The number of rotatable bonds is 8. The van der Waals surface area contributed by atoms with Crippen molar-refractivity contribution in [3.8, 4) is 0 Å². The van der Waals surface area contributed by atoms with Crippen molar-refractivity contribution < 1.29 is 9.59 Å². The van der Waals surface area contributed by atoms with E-state index in [4.69, 9.17) is 0 Å². The van der Waals surface area contributed by atoms with Crippen molar-refractivity contribution in [3.05, 3.63) is 35.9 Å². The first-order valence-corrected chi connectivity index (χ1v) is 9.08. The van der Waals surface area contributed by atoms with Crippen LogP contribution >= 0.6 is 0 Å². The van der Waals surface area contributed by atoms with Gasteiger partial charge < -0.3 is 10.6 Å². The molecule has 140 valence electrons. The van der Waals surface area contributed by atoms with Gasteiger partial charge in [0.1, 0.15) is 6.04 Å². The minimum atomic E-state index is -0.556. The summed E-state index contributed by atoms with van der Waals surface area (Å²) >= 11 is 0. The molecule has 0 aliphatic carbocycles. The summed E-state index contributed by atoms with van der Waals surface area (Å²) < 4.78 is 0. The zero-order valence-electron chi connectivity index (χ0n) is 16.4. The number of hydrogen-bond acceptors (Lipinski definition) is 3. The molecule has 2 unspecified atom stereocenters. The van der Waals surface area contributed by atoms with E-state index in [1.807, 2.05) is 39.0 Å². The Kier molecular flexibility index (Phi) is 8.10. The summed E-state index contributed by atoms with van der Waals surface area (Å²) in [4.78, 5) is 26.8. The summed E-state index contributed by atoms with van der Waals surface area (Å²) in [6.07, 6.45) is 0. The minimum Gasteiger partial charge on any atom is -0.352 e. The number of carbonyl (C=O) groups is 2.